The Balaban J connectivity index is 1.49. The number of amides is 3. The Labute approximate surface area is 230 Å². The maximum atomic E-state index is 13.7. The summed E-state index contributed by atoms with van der Waals surface area (Å²) >= 11 is 0. The zero-order valence-electron chi connectivity index (χ0n) is 23.2. The number of nitrogens with zero attached hydrogens (tertiary/aromatic N) is 3. The van der Waals surface area contributed by atoms with Crippen molar-refractivity contribution < 1.29 is 23.9 Å². The molecule has 2 aliphatic rings. The van der Waals surface area contributed by atoms with Crippen molar-refractivity contribution in [2.45, 2.75) is 63.3 Å². The number of esters is 1. The highest BCUT2D eigenvalue weighted by atomic mass is 16.5. The highest BCUT2D eigenvalue weighted by molar-refractivity contribution is 6.04. The number of hydrogen-bond donors (Lipinski definition) is 0. The van der Waals surface area contributed by atoms with Gasteiger partial charge in [0.15, 0.2) is 0 Å². The molecular formula is C31H39N3O5. The molecule has 0 saturated carbocycles. The quantitative estimate of drug-likeness (QED) is 0.359. The van der Waals surface area contributed by atoms with Crippen molar-refractivity contribution in [1.29, 1.82) is 0 Å². The number of imide groups is 1. The summed E-state index contributed by atoms with van der Waals surface area (Å²) < 4.78 is 5.24. The van der Waals surface area contributed by atoms with E-state index in [0.717, 1.165) is 5.56 Å². The second-order valence-electron chi connectivity index (χ2n) is 10.4. The number of anilines is 1. The number of carbonyl (C=O) groups excluding carboxylic acids is 4. The lowest BCUT2D eigenvalue weighted by Crippen LogP contribution is -2.63. The third kappa shape index (κ3) is 5.35. The Bertz CT molecular complexity index is 1180. The molecule has 0 radical (unpaired) electrons. The van der Waals surface area contributed by atoms with Gasteiger partial charge >= 0.3 is 5.97 Å². The second-order valence-corrected chi connectivity index (χ2v) is 10.4. The Morgan fingerprint density at radius 2 is 1.51 bits per heavy atom. The van der Waals surface area contributed by atoms with Crippen LogP contribution in [0.25, 0.3) is 0 Å². The van der Waals surface area contributed by atoms with Gasteiger partial charge in [-0.2, -0.15) is 0 Å². The molecule has 8 nitrogen and oxygen atoms in total. The van der Waals surface area contributed by atoms with Crippen LogP contribution < -0.4 is 4.90 Å². The monoisotopic (exact) mass is 533 g/mol. The van der Waals surface area contributed by atoms with Gasteiger partial charge in [0.1, 0.15) is 5.54 Å². The highest BCUT2D eigenvalue weighted by Gasteiger charge is 2.50. The van der Waals surface area contributed by atoms with Crippen molar-refractivity contribution in [1.82, 2.24) is 9.80 Å². The summed E-state index contributed by atoms with van der Waals surface area (Å²) in [7, 11) is 1.36. The fourth-order valence-electron chi connectivity index (χ4n) is 6.18. The van der Waals surface area contributed by atoms with Crippen molar-refractivity contribution in [3.8, 4) is 0 Å². The van der Waals surface area contributed by atoms with Crippen LogP contribution >= 0.6 is 0 Å². The van der Waals surface area contributed by atoms with Crippen LogP contribution in [-0.2, 0) is 29.3 Å². The normalized spacial score (nSPS) is 21.5. The minimum absolute atomic E-state index is 0.128. The van der Waals surface area contributed by atoms with Crippen molar-refractivity contribution in [2.75, 3.05) is 38.2 Å². The minimum atomic E-state index is -1.11. The molecule has 0 aromatic heterocycles. The van der Waals surface area contributed by atoms with E-state index in [4.69, 9.17) is 4.74 Å². The lowest BCUT2D eigenvalue weighted by Gasteiger charge is -2.47. The molecular weight excluding hydrogens is 494 g/mol. The Hall–Kier alpha value is -3.52. The van der Waals surface area contributed by atoms with E-state index in [9.17, 15) is 19.2 Å². The first kappa shape index (κ1) is 28.5. The van der Waals surface area contributed by atoms with Crippen molar-refractivity contribution in [3.63, 3.8) is 0 Å². The highest BCUT2D eigenvalue weighted by Crippen LogP contribution is 2.39. The molecule has 2 aliphatic heterocycles. The van der Waals surface area contributed by atoms with Crippen LogP contribution in [0.1, 0.15) is 57.9 Å². The molecule has 0 aliphatic carbocycles. The fourth-order valence-corrected chi connectivity index (χ4v) is 6.18. The molecule has 1 unspecified atom stereocenters. The Kier molecular flexibility index (Phi) is 8.85. The summed E-state index contributed by atoms with van der Waals surface area (Å²) in [6.07, 6.45) is 2.54. The summed E-state index contributed by atoms with van der Waals surface area (Å²) in [5, 5.41) is 0. The molecule has 208 valence electrons. The number of methoxy groups -OCH3 is 1. The lowest BCUT2D eigenvalue weighted by molar-refractivity contribution is -0.154. The van der Waals surface area contributed by atoms with Crippen molar-refractivity contribution in [3.05, 3.63) is 66.2 Å². The molecule has 0 N–H and O–H groups in total. The van der Waals surface area contributed by atoms with E-state index in [-0.39, 0.29) is 24.1 Å². The molecule has 39 heavy (non-hydrogen) atoms. The number of hydrogen-bond acceptors (Lipinski definition) is 6. The van der Waals surface area contributed by atoms with Gasteiger partial charge in [-0.1, -0.05) is 62.4 Å². The molecule has 0 spiro atoms. The van der Waals surface area contributed by atoms with Gasteiger partial charge in [-0.05, 0) is 43.4 Å². The van der Waals surface area contributed by atoms with Gasteiger partial charge in [0, 0.05) is 44.7 Å². The van der Waals surface area contributed by atoms with Gasteiger partial charge in [0.05, 0.1) is 12.5 Å². The van der Waals surface area contributed by atoms with Crippen LogP contribution in [0.2, 0.25) is 0 Å². The summed E-state index contributed by atoms with van der Waals surface area (Å²) in [6.45, 7) is 5.67. The molecule has 4 rings (SSSR count). The summed E-state index contributed by atoms with van der Waals surface area (Å²) in [6, 6.07) is 19.0. The van der Waals surface area contributed by atoms with E-state index in [1.165, 1.54) is 12.0 Å². The number of ether oxygens (including phenoxy) is 1. The Morgan fingerprint density at radius 1 is 0.897 bits per heavy atom. The zero-order chi connectivity index (χ0) is 28.0. The standard InChI is InChI=1S/C31H39N3O5/c1-4-26(35)34(25-14-10-7-11-15-25)31(29(38)39-3)18-20-32(21-19-31)22-23-33-27(36)16-17-30(5-2,28(33)37)24-12-8-6-9-13-24/h6-15H,4-5,16-23H2,1-3H3. The number of carbonyl (C=O) groups is 4. The molecule has 8 heteroatoms. The molecule has 0 bridgehead atoms. The SMILES string of the molecule is CCC(=O)N(c1ccccc1)C1(C(=O)OC)CCN(CCN2C(=O)CCC(CC)(c3ccccc3)C2=O)CC1. The number of para-hydroxylation sites is 1. The predicted octanol–water partition coefficient (Wildman–Crippen LogP) is 3.93. The summed E-state index contributed by atoms with van der Waals surface area (Å²) in [5.41, 5.74) is -0.170. The van der Waals surface area contributed by atoms with Crippen LogP contribution in [0, 0.1) is 0 Å². The number of benzene rings is 2. The second kappa shape index (κ2) is 12.1. The predicted molar refractivity (Wildman–Crippen MR) is 149 cm³/mol. The first-order valence-electron chi connectivity index (χ1n) is 13.9. The van der Waals surface area contributed by atoms with Crippen LogP contribution in [0.5, 0.6) is 0 Å². The van der Waals surface area contributed by atoms with Gasteiger partial charge in [0.2, 0.25) is 17.7 Å². The van der Waals surface area contributed by atoms with Crippen LogP contribution in [0.15, 0.2) is 60.7 Å². The van der Waals surface area contributed by atoms with Gasteiger partial charge < -0.3 is 9.64 Å². The minimum Gasteiger partial charge on any atom is -0.467 e. The molecule has 2 aromatic rings. The summed E-state index contributed by atoms with van der Waals surface area (Å²) in [5.74, 6) is -0.826. The fraction of sp³-hybridized carbons (Fsp3) is 0.484. The average Bonchev–Trinajstić information content (AvgIpc) is 2.98. The molecule has 2 fully saturated rings. The largest absolute Gasteiger partial charge is 0.467 e. The Morgan fingerprint density at radius 3 is 2.08 bits per heavy atom. The molecule has 1 atom stereocenters. The van der Waals surface area contributed by atoms with Crippen LogP contribution in [0.3, 0.4) is 0 Å². The van der Waals surface area contributed by atoms with Gasteiger partial charge in [-0.25, -0.2) is 4.79 Å². The third-order valence-corrected chi connectivity index (χ3v) is 8.53. The van der Waals surface area contributed by atoms with E-state index in [1.807, 2.05) is 67.6 Å². The summed E-state index contributed by atoms with van der Waals surface area (Å²) in [4.78, 5) is 58.2. The van der Waals surface area contributed by atoms with Crippen LogP contribution in [0.4, 0.5) is 5.69 Å². The van der Waals surface area contributed by atoms with Gasteiger partial charge in [-0.15, -0.1) is 0 Å². The van der Waals surface area contributed by atoms with E-state index in [2.05, 4.69) is 4.90 Å². The molecule has 3 amide bonds. The molecule has 2 heterocycles. The lowest BCUT2D eigenvalue weighted by atomic mass is 9.71. The van der Waals surface area contributed by atoms with Crippen LogP contribution in [-0.4, -0.2) is 72.3 Å². The third-order valence-electron chi connectivity index (χ3n) is 8.53. The van der Waals surface area contributed by atoms with E-state index in [0.29, 0.717) is 64.0 Å². The maximum absolute atomic E-state index is 13.7. The van der Waals surface area contributed by atoms with E-state index >= 15 is 0 Å². The van der Waals surface area contributed by atoms with E-state index < -0.39 is 16.9 Å². The smallest absolute Gasteiger partial charge is 0.332 e. The van der Waals surface area contributed by atoms with E-state index in [1.54, 1.807) is 11.8 Å². The van der Waals surface area contributed by atoms with Gasteiger partial charge in [0.25, 0.3) is 0 Å². The van der Waals surface area contributed by atoms with Crippen molar-refractivity contribution >= 4 is 29.4 Å². The topological polar surface area (TPSA) is 87.2 Å². The average molecular weight is 534 g/mol. The molecule has 2 aromatic carbocycles. The number of likely N-dealkylation sites (tertiary alicyclic amines) is 2. The molecule has 2 saturated heterocycles. The maximum Gasteiger partial charge on any atom is 0.332 e. The van der Waals surface area contributed by atoms with Crippen molar-refractivity contribution in [2.24, 2.45) is 0 Å². The number of rotatable bonds is 9. The zero-order valence-corrected chi connectivity index (χ0v) is 23.2. The first-order valence-corrected chi connectivity index (χ1v) is 13.9. The number of piperidine rings is 2. The van der Waals surface area contributed by atoms with Gasteiger partial charge in [-0.3, -0.25) is 24.2 Å². The first-order chi connectivity index (χ1) is 18.8.